The van der Waals surface area contributed by atoms with Crippen molar-refractivity contribution in [1.82, 2.24) is 35.1 Å². The molecule has 0 fully saturated rings. The normalized spacial score (nSPS) is 12.0. The van der Waals surface area contributed by atoms with Crippen LogP contribution in [-0.4, -0.2) is 55.5 Å². The van der Waals surface area contributed by atoms with Gasteiger partial charge < -0.3 is 4.98 Å². The van der Waals surface area contributed by atoms with Crippen LogP contribution in [0.25, 0.3) is 56.1 Å². The Hall–Kier alpha value is -4.51. The zero-order valence-electron chi connectivity index (χ0n) is 20.5. The topological polar surface area (TPSA) is 130 Å². The molecule has 0 aliphatic rings. The molecule has 0 aliphatic carbocycles. The Morgan fingerprint density at radius 3 is 2.68 bits per heavy atom. The van der Waals surface area contributed by atoms with Gasteiger partial charge in [-0.1, -0.05) is 6.07 Å². The van der Waals surface area contributed by atoms with Gasteiger partial charge in [0, 0.05) is 36.0 Å². The first kappa shape index (κ1) is 23.9. The highest BCUT2D eigenvalue weighted by molar-refractivity contribution is 7.90. The van der Waals surface area contributed by atoms with Crippen molar-refractivity contribution in [1.29, 1.82) is 0 Å². The molecule has 9 nitrogen and oxygen atoms in total. The maximum Gasteiger partial charge on any atom is 0.178 e. The summed E-state index contributed by atoms with van der Waals surface area (Å²) in [5.74, 6) is -0.0424. The molecular formula is C27H22FN7O2S. The van der Waals surface area contributed by atoms with E-state index in [2.05, 4.69) is 30.1 Å². The standard InChI is InChI=1S/C27H22FN7O2S/c1-15-5-8-29-14-20(15)21-3-4-22-24(31-21)25(35-34-22)27-32-23-19(6-9-30-26(23)33-27)17-11-16(12-18(28)13-17)7-10-38(2,36)37/h3-6,8-9,11-14H,7,10H2,1-2H3,(H,34,35)(H,30,32,33). The van der Waals surface area contributed by atoms with Crippen LogP contribution in [0.5, 0.6) is 0 Å². The van der Waals surface area contributed by atoms with E-state index in [4.69, 9.17) is 4.98 Å². The predicted octanol–water partition coefficient (Wildman–Crippen LogP) is 4.66. The number of nitrogens with zero attached hydrogens (tertiary/aromatic N) is 5. The third-order valence-electron chi connectivity index (χ3n) is 6.37. The van der Waals surface area contributed by atoms with Crippen molar-refractivity contribution in [3.63, 3.8) is 0 Å². The summed E-state index contributed by atoms with van der Waals surface area (Å²) in [6, 6.07) is 12.1. The van der Waals surface area contributed by atoms with Gasteiger partial charge >= 0.3 is 0 Å². The fourth-order valence-corrected chi connectivity index (χ4v) is 5.07. The second kappa shape index (κ2) is 9.10. The third kappa shape index (κ3) is 4.52. The molecule has 0 aliphatic heterocycles. The smallest absolute Gasteiger partial charge is 0.178 e. The van der Waals surface area contributed by atoms with Gasteiger partial charge in [-0.25, -0.2) is 27.8 Å². The van der Waals surface area contributed by atoms with Crippen LogP contribution in [0.2, 0.25) is 0 Å². The lowest BCUT2D eigenvalue weighted by atomic mass is 10.0. The Morgan fingerprint density at radius 2 is 1.87 bits per heavy atom. The molecule has 0 unspecified atom stereocenters. The monoisotopic (exact) mass is 527 g/mol. The molecule has 6 aromatic rings. The number of benzene rings is 1. The van der Waals surface area contributed by atoms with Gasteiger partial charge in [0.05, 0.1) is 22.5 Å². The van der Waals surface area contributed by atoms with Gasteiger partial charge in [-0.3, -0.25) is 10.1 Å². The fraction of sp³-hybridized carbons (Fsp3) is 0.148. The van der Waals surface area contributed by atoms with E-state index in [0.717, 1.165) is 22.3 Å². The van der Waals surface area contributed by atoms with Gasteiger partial charge in [0.2, 0.25) is 0 Å². The summed E-state index contributed by atoms with van der Waals surface area (Å²) in [6.45, 7) is 2.00. The Morgan fingerprint density at radius 1 is 1.00 bits per heavy atom. The average Bonchev–Trinajstić information content (AvgIpc) is 3.50. The number of halogens is 1. The molecule has 0 radical (unpaired) electrons. The minimum atomic E-state index is -3.18. The number of nitrogens with one attached hydrogen (secondary N) is 2. The molecule has 0 saturated heterocycles. The van der Waals surface area contributed by atoms with Gasteiger partial charge in [-0.2, -0.15) is 5.10 Å². The maximum absolute atomic E-state index is 14.5. The van der Waals surface area contributed by atoms with E-state index in [-0.39, 0.29) is 12.2 Å². The highest BCUT2D eigenvalue weighted by Crippen LogP contribution is 2.32. The largest absolute Gasteiger partial charge is 0.335 e. The molecule has 6 rings (SSSR count). The third-order valence-corrected chi connectivity index (χ3v) is 7.31. The molecule has 190 valence electrons. The lowest BCUT2D eigenvalue weighted by Crippen LogP contribution is -2.06. The number of pyridine rings is 3. The summed E-state index contributed by atoms with van der Waals surface area (Å²) in [6.07, 6.45) is 6.51. The van der Waals surface area contributed by atoms with Gasteiger partial charge in [0.25, 0.3) is 0 Å². The molecule has 0 atom stereocenters. The van der Waals surface area contributed by atoms with Crippen LogP contribution in [-0.2, 0) is 16.3 Å². The van der Waals surface area contributed by atoms with Gasteiger partial charge in [0.1, 0.15) is 21.2 Å². The summed E-state index contributed by atoms with van der Waals surface area (Å²) < 4.78 is 37.8. The van der Waals surface area contributed by atoms with Gasteiger partial charge in [-0.15, -0.1) is 0 Å². The Labute approximate surface area is 217 Å². The highest BCUT2D eigenvalue weighted by atomic mass is 32.2. The zero-order valence-corrected chi connectivity index (χ0v) is 21.3. The summed E-state index contributed by atoms with van der Waals surface area (Å²) >= 11 is 0. The number of H-pyrrole nitrogens is 2. The molecule has 0 saturated carbocycles. The van der Waals surface area contributed by atoms with Crippen LogP contribution >= 0.6 is 0 Å². The van der Waals surface area contributed by atoms with Crippen molar-refractivity contribution in [2.45, 2.75) is 13.3 Å². The van der Waals surface area contributed by atoms with E-state index >= 15 is 0 Å². The van der Waals surface area contributed by atoms with E-state index in [1.165, 1.54) is 18.4 Å². The molecule has 11 heteroatoms. The fourth-order valence-electron chi connectivity index (χ4n) is 4.46. The van der Waals surface area contributed by atoms with Crippen LogP contribution in [0, 0.1) is 12.7 Å². The van der Waals surface area contributed by atoms with E-state index in [1.807, 2.05) is 25.1 Å². The molecule has 38 heavy (non-hydrogen) atoms. The zero-order chi connectivity index (χ0) is 26.4. The van der Waals surface area contributed by atoms with E-state index in [9.17, 15) is 12.8 Å². The first-order chi connectivity index (χ1) is 18.2. The summed E-state index contributed by atoms with van der Waals surface area (Å²) in [7, 11) is -3.18. The van der Waals surface area contributed by atoms with Crippen LogP contribution in [0.4, 0.5) is 4.39 Å². The molecule has 5 aromatic heterocycles. The number of imidazole rings is 1. The number of hydrogen-bond acceptors (Lipinski definition) is 7. The lowest BCUT2D eigenvalue weighted by molar-refractivity contribution is 0.600. The second-order valence-electron chi connectivity index (χ2n) is 9.23. The quantitative estimate of drug-likeness (QED) is 0.322. The van der Waals surface area contributed by atoms with Gasteiger partial charge in [-0.05, 0) is 66.4 Å². The van der Waals surface area contributed by atoms with Crippen molar-refractivity contribution in [2.24, 2.45) is 0 Å². The number of rotatable bonds is 6. The van der Waals surface area contributed by atoms with Crippen LogP contribution in [0.15, 0.2) is 61.1 Å². The minimum Gasteiger partial charge on any atom is -0.335 e. The Balaban J connectivity index is 1.44. The Bertz CT molecular complexity index is 1950. The molecule has 1 aromatic carbocycles. The number of aromatic amines is 2. The predicted molar refractivity (Wildman–Crippen MR) is 144 cm³/mol. The summed E-state index contributed by atoms with van der Waals surface area (Å²) in [5, 5.41) is 7.46. The first-order valence-corrected chi connectivity index (χ1v) is 13.9. The van der Waals surface area contributed by atoms with Crippen LogP contribution < -0.4 is 0 Å². The molecule has 5 heterocycles. The van der Waals surface area contributed by atoms with Crippen molar-refractivity contribution >= 4 is 32.0 Å². The number of aromatic nitrogens is 7. The summed E-state index contributed by atoms with van der Waals surface area (Å²) in [5.41, 5.74) is 7.59. The number of aryl methyl sites for hydroxylation is 2. The van der Waals surface area contributed by atoms with Crippen molar-refractivity contribution in [3.05, 3.63) is 78.0 Å². The SMILES string of the molecule is Cc1ccncc1-c1ccc2[nH]nc(-c3nc4nccc(-c5cc(F)cc(CCS(C)(=O)=O)c5)c4[nH]3)c2n1. The maximum atomic E-state index is 14.5. The molecular weight excluding hydrogens is 505 g/mol. The molecule has 0 spiro atoms. The van der Waals surface area contributed by atoms with E-state index < -0.39 is 15.7 Å². The molecule has 2 N–H and O–H groups in total. The lowest BCUT2D eigenvalue weighted by Gasteiger charge is -2.07. The number of hydrogen-bond donors (Lipinski definition) is 2. The number of fused-ring (bicyclic) bond motifs is 2. The van der Waals surface area contributed by atoms with E-state index in [1.54, 1.807) is 30.7 Å². The first-order valence-electron chi connectivity index (χ1n) is 11.8. The van der Waals surface area contributed by atoms with Gasteiger partial charge in [0.15, 0.2) is 17.2 Å². The minimum absolute atomic E-state index is 0.0599. The Kier molecular flexibility index (Phi) is 5.72. The second-order valence-corrected chi connectivity index (χ2v) is 11.5. The molecule has 0 bridgehead atoms. The number of sulfone groups is 1. The average molecular weight is 528 g/mol. The van der Waals surface area contributed by atoms with Crippen molar-refractivity contribution < 1.29 is 12.8 Å². The summed E-state index contributed by atoms with van der Waals surface area (Å²) in [4.78, 5) is 21.4. The van der Waals surface area contributed by atoms with Crippen LogP contribution in [0.1, 0.15) is 11.1 Å². The highest BCUT2D eigenvalue weighted by Gasteiger charge is 2.18. The van der Waals surface area contributed by atoms with Crippen LogP contribution in [0.3, 0.4) is 0 Å². The van der Waals surface area contributed by atoms with Crippen molar-refractivity contribution in [2.75, 3.05) is 12.0 Å². The van der Waals surface area contributed by atoms with Crippen molar-refractivity contribution in [3.8, 4) is 33.9 Å². The molecule has 0 amide bonds. The van der Waals surface area contributed by atoms with E-state index in [0.29, 0.717) is 44.9 Å².